The van der Waals surface area contributed by atoms with E-state index >= 15 is 0 Å². The summed E-state index contributed by atoms with van der Waals surface area (Å²) in [4.78, 5) is 11.6. The Bertz CT molecular complexity index is 1660. The predicted molar refractivity (Wildman–Crippen MR) is 175 cm³/mol. The summed E-state index contributed by atoms with van der Waals surface area (Å²) in [5, 5.41) is 13.6. The van der Waals surface area contributed by atoms with E-state index in [4.69, 9.17) is 4.98 Å². The smallest absolute Gasteiger partial charge is 0.658 e. The van der Waals surface area contributed by atoms with Gasteiger partial charge in [0, 0.05) is 23.0 Å². The maximum atomic E-state index is 5.01. The second kappa shape index (κ2) is 14.3. The van der Waals surface area contributed by atoms with Crippen molar-refractivity contribution in [1.82, 2.24) is 20.2 Å². The van der Waals surface area contributed by atoms with Crippen LogP contribution in [0.25, 0.3) is 16.7 Å². The summed E-state index contributed by atoms with van der Waals surface area (Å²) in [5.74, 6) is 1.63. The minimum absolute atomic E-state index is 0. The predicted octanol–water partition coefficient (Wildman–Crippen LogP) is 9.60. The third-order valence-corrected chi connectivity index (χ3v) is 7.56. The molecule has 3 aromatic heterocycles. The molecule has 0 aliphatic heterocycles. The molecule has 7 heteroatoms. The summed E-state index contributed by atoms with van der Waals surface area (Å²) < 4.78 is 0. The van der Waals surface area contributed by atoms with E-state index in [1.807, 2.05) is 115 Å². The van der Waals surface area contributed by atoms with Gasteiger partial charge in [-0.2, -0.15) is 0 Å². The molecule has 1 aliphatic rings. The first-order chi connectivity index (χ1) is 21.1. The van der Waals surface area contributed by atoms with Crippen LogP contribution in [0.15, 0.2) is 134 Å². The van der Waals surface area contributed by atoms with E-state index in [2.05, 4.69) is 51.4 Å². The fourth-order valence-corrected chi connectivity index (χ4v) is 5.42. The van der Waals surface area contributed by atoms with E-state index in [1.165, 1.54) is 5.56 Å². The van der Waals surface area contributed by atoms with Gasteiger partial charge in [-0.3, -0.25) is 4.90 Å². The van der Waals surface area contributed by atoms with Crippen molar-refractivity contribution in [1.29, 1.82) is 0 Å². The molecule has 0 saturated carbocycles. The molecule has 0 spiro atoms. The third kappa shape index (κ3) is 7.15. The van der Waals surface area contributed by atoms with Crippen LogP contribution in [0.3, 0.4) is 0 Å². The van der Waals surface area contributed by atoms with Gasteiger partial charge in [-0.25, -0.2) is 9.97 Å². The van der Waals surface area contributed by atoms with Gasteiger partial charge in [0.1, 0.15) is 11.6 Å². The van der Waals surface area contributed by atoms with Crippen LogP contribution in [-0.4, -0.2) is 15.1 Å². The Morgan fingerprint density at radius 3 is 1.95 bits per heavy atom. The van der Waals surface area contributed by atoms with Crippen LogP contribution in [0.4, 0.5) is 28.7 Å². The molecule has 0 amide bonds. The topological polar surface area (TPSA) is 70.1 Å². The molecule has 0 radical (unpaired) electrons. The Balaban J connectivity index is 0.000000230. The van der Waals surface area contributed by atoms with E-state index in [-0.39, 0.29) is 26.5 Å². The zero-order chi connectivity index (χ0) is 29.5. The van der Waals surface area contributed by atoms with Crippen molar-refractivity contribution < 1.29 is 21.1 Å². The van der Waals surface area contributed by atoms with Crippen LogP contribution in [0.1, 0.15) is 37.9 Å². The van der Waals surface area contributed by atoms with E-state index < -0.39 is 0 Å². The monoisotopic (exact) mass is 757 g/mol. The van der Waals surface area contributed by atoms with Crippen molar-refractivity contribution in [2.24, 2.45) is 0 Å². The van der Waals surface area contributed by atoms with Crippen molar-refractivity contribution in [2.45, 2.75) is 38.5 Å². The Morgan fingerprint density at radius 1 is 0.705 bits per heavy atom. The van der Waals surface area contributed by atoms with E-state index in [0.717, 1.165) is 65.0 Å². The summed E-state index contributed by atoms with van der Waals surface area (Å²) >= 11 is 0. The molecular formula is C37H34N6Pt. The quantitative estimate of drug-likeness (QED) is 0.169. The van der Waals surface area contributed by atoms with E-state index in [0.29, 0.717) is 0 Å². The van der Waals surface area contributed by atoms with Crippen molar-refractivity contribution in [3.05, 3.63) is 150 Å². The number of fused-ring (bicyclic) bond motifs is 1. The average molecular weight is 758 g/mol. The molecular weight excluding hydrogens is 724 g/mol. The third-order valence-electron chi connectivity index (χ3n) is 7.56. The Labute approximate surface area is 273 Å². The molecule has 6 aromatic rings. The number of anilines is 3. The van der Waals surface area contributed by atoms with Gasteiger partial charge in [0.25, 0.3) is 0 Å². The molecule has 0 atom stereocenters. The SMILES string of the molecule is CC1(C)CCCc2c1n[n-]c2-c1cccc(N(c2ccccc2)c2ccccn2)n1.[Pt+2].c1ccc([N-]c2ccccc2)cc1. The molecule has 6 nitrogen and oxygen atoms in total. The van der Waals surface area contributed by atoms with Crippen LogP contribution in [-0.2, 0) is 32.9 Å². The molecule has 0 fully saturated rings. The molecule has 222 valence electrons. The first-order valence-corrected chi connectivity index (χ1v) is 14.7. The number of hydrogen-bond donors (Lipinski definition) is 0. The first-order valence-electron chi connectivity index (χ1n) is 14.7. The number of para-hydroxylation sites is 3. The summed E-state index contributed by atoms with van der Waals surface area (Å²) in [6, 6.07) is 42.1. The van der Waals surface area contributed by atoms with Crippen LogP contribution >= 0.6 is 0 Å². The molecule has 0 unspecified atom stereocenters. The summed E-state index contributed by atoms with van der Waals surface area (Å²) in [6.45, 7) is 4.51. The molecule has 44 heavy (non-hydrogen) atoms. The summed E-state index contributed by atoms with van der Waals surface area (Å²) in [6.07, 6.45) is 5.11. The average Bonchev–Trinajstić information content (AvgIpc) is 3.50. The molecule has 3 heterocycles. The summed E-state index contributed by atoms with van der Waals surface area (Å²) in [5.41, 5.74) is 7.21. The molecule has 3 aromatic carbocycles. The van der Waals surface area contributed by atoms with Gasteiger partial charge in [0.15, 0.2) is 0 Å². The standard InChI is InChI=1S/C25H24N5.C12H10N.Pt/c1-25(2)16-9-12-19-23(28-29-24(19)25)20-13-8-15-22(27-20)30(18-10-4-3-5-11-18)21-14-6-7-17-26-21;1-3-7-11(8-4-1)13-12-9-5-2-6-10-12;/h3-8,10-11,13-15,17H,9,12,16H2,1-2H3;1-10H;/q2*-1;+2. The number of aromatic nitrogens is 4. The maximum absolute atomic E-state index is 5.01. The van der Waals surface area contributed by atoms with Gasteiger partial charge in [0.05, 0.1) is 5.69 Å². The number of pyridine rings is 2. The second-order valence-electron chi connectivity index (χ2n) is 11.1. The number of benzene rings is 3. The zero-order valence-corrected chi connectivity index (χ0v) is 27.1. The molecule has 0 bridgehead atoms. The number of hydrogen-bond acceptors (Lipinski definition) is 4. The summed E-state index contributed by atoms with van der Waals surface area (Å²) in [7, 11) is 0. The first kappa shape index (κ1) is 30.9. The van der Waals surface area contributed by atoms with Gasteiger partial charge in [-0.05, 0) is 61.2 Å². The van der Waals surface area contributed by atoms with Gasteiger partial charge in [-0.15, -0.1) is 11.4 Å². The molecule has 1 aliphatic carbocycles. The van der Waals surface area contributed by atoms with Crippen molar-refractivity contribution in [3.8, 4) is 11.4 Å². The normalized spacial score (nSPS) is 13.0. The zero-order valence-electron chi connectivity index (χ0n) is 24.8. The van der Waals surface area contributed by atoms with E-state index in [1.54, 1.807) is 6.20 Å². The molecule has 0 saturated heterocycles. The Morgan fingerprint density at radius 2 is 1.32 bits per heavy atom. The van der Waals surface area contributed by atoms with Gasteiger partial charge >= 0.3 is 21.1 Å². The van der Waals surface area contributed by atoms with Crippen molar-refractivity contribution >= 4 is 28.7 Å². The van der Waals surface area contributed by atoms with Gasteiger partial charge < -0.3 is 15.5 Å². The minimum atomic E-state index is 0. The van der Waals surface area contributed by atoms with Crippen molar-refractivity contribution in [3.63, 3.8) is 0 Å². The van der Waals surface area contributed by atoms with Crippen molar-refractivity contribution in [2.75, 3.05) is 4.90 Å². The maximum Gasteiger partial charge on any atom is 2.00 e. The van der Waals surface area contributed by atoms with Gasteiger partial charge in [0.2, 0.25) is 0 Å². The number of nitrogens with zero attached hydrogens (tertiary/aromatic N) is 6. The molecule has 7 rings (SSSR count). The van der Waals surface area contributed by atoms with Gasteiger partial charge in [-0.1, -0.05) is 111 Å². The largest absolute Gasteiger partial charge is 2.00 e. The van der Waals surface area contributed by atoms with Crippen LogP contribution in [0.2, 0.25) is 0 Å². The van der Waals surface area contributed by atoms with Crippen LogP contribution in [0, 0.1) is 0 Å². The number of rotatable bonds is 6. The minimum Gasteiger partial charge on any atom is -0.658 e. The fourth-order valence-electron chi connectivity index (χ4n) is 5.42. The van der Waals surface area contributed by atoms with Crippen LogP contribution in [0.5, 0.6) is 0 Å². The Hall–Kier alpha value is -4.54. The molecule has 0 N–H and O–H groups in total. The van der Waals surface area contributed by atoms with Crippen LogP contribution < -0.4 is 10.00 Å². The van der Waals surface area contributed by atoms with E-state index in [9.17, 15) is 0 Å². The fraction of sp³-hybridized carbons (Fsp3) is 0.162. The second-order valence-corrected chi connectivity index (χ2v) is 11.1. The Kier molecular flexibility index (Phi) is 10.0.